The van der Waals surface area contributed by atoms with Gasteiger partial charge in [0, 0.05) is 6.07 Å². The summed E-state index contributed by atoms with van der Waals surface area (Å²) < 4.78 is 49.3. The molecule has 0 aliphatic heterocycles. The third kappa shape index (κ3) is 4.48. The minimum Gasteiger partial charge on any atom is -0.503 e. The highest BCUT2D eigenvalue weighted by atomic mass is 19.4. The normalized spacial score (nSPS) is 11.1. The van der Waals surface area contributed by atoms with Crippen molar-refractivity contribution >= 4 is 5.97 Å². The Bertz CT molecular complexity index is 490. The zero-order chi connectivity index (χ0) is 15.3. The summed E-state index contributed by atoms with van der Waals surface area (Å²) in [5.41, 5.74) is -0.331. The number of hydrogen-bond donors (Lipinski definition) is 1. The van der Waals surface area contributed by atoms with E-state index < -0.39 is 30.4 Å². The maximum atomic E-state index is 12.1. The van der Waals surface area contributed by atoms with Gasteiger partial charge in [-0.3, -0.25) is 4.79 Å². The quantitative estimate of drug-likeness (QED) is 0.835. The summed E-state index contributed by atoms with van der Waals surface area (Å²) in [7, 11) is 1.14. The third-order valence-electron chi connectivity index (χ3n) is 2.06. The summed E-state index contributed by atoms with van der Waals surface area (Å²) in [5, 5.41) is 9.70. The lowest BCUT2D eigenvalue weighted by atomic mass is 10.2. The topological polar surface area (TPSA) is 77.9 Å². The summed E-state index contributed by atoms with van der Waals surface area (Å²) in [5.74, 6) is -2.43. The van der Waals surface area contributed by atoms with Crippen molar-refractivity contribution in [2.75, 3.05) is 13.7 Å². The first-order valence-corrected chi connectivity index (χ1v) is 5.45. The molecule has 0 amide bonds. The van der Waals surface area contributed by atoms with Crippen molar-refractivity contribution in [3.8, 4) is 17.4 Å². The molecule has 0 aliphatic carbocycles. The molecule has 0 saturated heterocycles. The van der Waals surface area contributed by atoms with E-state index in [1.165, 1.54) is 0 Å². The largest absolute Gasteiger partial charge is 0.574 e. The van der Waals surface area contributed by atoms with Crippen LogP contribution in [0.5, 0.6) is 17.4 Å². The monoisotopic (exact) mass is 295 g/mol. The summed E-state index contributed by atoms with van der Waals surface area (Å²) in [4.78, 5) is 14.7. The van der Waals surface area contributed by atoms with Gasteiger partial charge in [-0.2, -0.15) is 0 Å². The Kier molecular flexibility index (Phi) is 5.00. The van der Waals surface area contributed by atoms with Gasteiger partial charge in [0.1, 0.15) is 5.69 Å². The van der Waals surface area contributed by atoms with Crippen LogP contribution in [0.15, 0.2) is 6.07 Å². The second-order valence-corrected chi connectivity index (χ2v) is 3.49. The van der Waals surface area contributed by atoms with E-state index in [1.54, 1.807) is 6.92 Å². The Morgan fingerprint density at radius 1 is 1.45 bits per heavy atom. The third-order valence-corrected chi connectivity index (χ3v) is 2.06. The van der Waals surface area contributed by atoms with Crippen molar-refractivity contribution in [1.29, 1.82) is 0 Å². The number of rotatable bonds is 5. The van der Waals surface area contributed by atoms with Crippen molar-refractivity contribution in [2.24, 2.45) is 0 Å². The molecule has 0 unspecified atom stereocenters. The molecule has 0 spiro atoms. The number of pyridine rings is 1. The van der Waals surface area contributed by atoms with Gasteiger partial charge in [0.05, 0.1) is 20.1 Å². The number of hydrogen-bond acceptors (Lipinski definition) is 6. The van der Waals surface area contributed by atoms with E-state index in [4.69, 9.17) is 4.74 Å². The van der Waals surface area contributed by atoms with Crippen LogP contribution in [0, 0.1) is 0 Å². The fourth-order valence-corrected chi connectivity index (χ4v) is 1.34. The summed E-state index contributed by atoms with van der Waals surface area (Å²) >= 11 is 0. The number of esters is 1. The van der Waals surface area contributed by atoms with E-state index in [2.05, 4.69) is 14.5 Å². The van der Waals surface area contributed by atoms with Crippen molar-refractivity contribution < 1.29 is 37.3 Å². The van der Waals surface area contributed by atoms with E-state index in [0.717, 1.165) is 13.2 Å². The summed E-state index contributed by atoms with van der Waals surface area (Å²) in [6.45, 7) is 1.66. The van der Waals surface area contributed by atoms with Crippen LogP contribution < -0.4 is 9.47 Å². The summed E-state index contributed by atoms with van der Waals surface area (Å²) in [6, 6.07) is 0.761. The van der Waals surface area contributed by atoms with Gasteiger partial charge >= 0.3 is 12.3 Å². The first kappa shape index (κ1) is 15.9. The molecule has 20 heavy (non-hydrogen) atoms. The van der Waals surface area contributed by atoms with Gasteiger partial charge in [0.2, 0.25) is 5.88 Å². The lowest BCUT2D eigenvalue weighted by molar-refractivity contribution is -0.276. The number of alkyl halides is 3. The van der Waals surface area contributed by atoms with Crippen molar-refractivity contribution in [3.05, 3.63) is 11.8 Å². The lowest BCUT2D eigenvalue weighted by Crippen LogP contribution is -2.19. The summed E-state index contributed by atoms with van der Waals surface area (Å²) in [6.07, 6.45) is -5.46. The van der Waals surface area contributed by atoms with E-state index >= 15 is 0 Å². The van der Waals surface area contributed by atoms with Gasteiger partial charge in [-0.25, -0.2) is 4.98 Å². The van der Waals surface area contributed by atoms with Crippen LogP contribution in [0.1, 0.15) is 12.6 Å². The van der Waals surface area contributed by atoms with Crippen LogP contribution in [0.25, 0.3) is 0 Å². The Morgan fingerprint density at radius 2 is 2.10 bits per heavy atom. The number of carbonyl (C=O) groups is 1. The van der Waals surface area contributed by atoms with E-state index in [9.17, 15) is 23.1 Å². The molecule has 6 nitrogen and oxygen atoms in total. The first-order valence-electron chi connectivity index (χ1n) is 5.45. The van der Waals surface area contributed by atoms with Crippen LogP contribution >= 0.6 is 0 Å². The minimum absolute atomic E-state index is 0.0927. The number of carbonyl (C=O) groups excluding carboxylic acids is 1. The SMILES string of the molecule is CCOC(=O)Cc1nc(OC(F)(F)F)cc(OC)c1O. The van der Waals surface area contributed by atoms with E-state index in [0.29, 0.717) is 0 Å². The van der Waals surface area contributed by atoms with Crippen LogP contribution in [-0.4, -0.2) is 36.1 Å². The van der Waals surface area contributed by atoms with Crippen LogP contribution in [0.4, 0.5) is 13.2 Å². The molecule has 1 rings (SSSR count). The van der Waals surface area contributed by atoms with Crippen LogP contribution in [0.2, 0.25) is 0 Å². The van der Waals surface area contributed by atoms with Crippen molar-refractivity contribution in [1.82, 2.24) is 4.98 Å². The van der Waals surface area contributed by atoms with Gasteiger partial charge in [0.15, 0.2) is 11.5 Å². The fraction of sp³-hybridized carbons (Fsp3) is 0.455. The first-order chi connectivity index (χ1) is 9.26. The van der Waals surface area contributed by atoms with Gasteiger partial charge in [-0.15, -0.1) is 13.2 Å². The van der Waals surface area contributed by atoms with Crippen LogP contribution in [0.3, 0.4) is 0 Å². The standard InChI is InChI=1S/C11H12F3NO5/c1-3-19-9(16)4-6-10(17)7(18-2)5-8(15-6)20-11(12,13)14/h5,17H,3-4H2,1-2H3. The molecule has 0 saturated carbocycles. The Morgan fingerprint density at radius 3 is 2.60 bits per heavy atom. The molecule has 1 aromatic heterocycles. The van der Waals surface area contributed by atoms with Gasteiger partial charge in [-0.1, -0.05) is 0 Å². The van der Waals surface area contributed by atoms with Gasteiger partial charge in [-0.05, 0) is 6.92 Å². The maximum Gasteiger partial charge on any atom is 0.574 e. The number of halogens is 3. The molecule has 112 valence electrons. The van der Waals surface area contributed by atoms with Crippen LogP contribution in [-0.2, 0) is 16.0 Å². The second-order valence-electron chi connectivity index (χ2n) is 3.49. The molecule has 0 bridgehead atoms. The smallest absolute Gasteiger partial charge is 0.503 e. The average Bonchev–Trinajstić information content (AvgIpc) is 2.31. The zero-order valence-electron chi connectivity index (χ0n) is 10.7. The fourth-order valence-electron chi connectivity index (χ4n) is 1.34. The molecule has 0 radical (unpaired) electrons. The molecule has 9 heteroatoms. The molecule has 1 aromatic rings. The highest BCUT2D eigenvalue weighted by molar-refractivity contribution is 5.73. The molecule has 0 aliphatic rings. The Labute approximate surface area is 112 Å². The van der Waals surface area contributed by atoms with Gasteiger partial charge < -0.3 is 19.3 Å². The van der Waals surface area contributed by atoms with Gasteiger partial charge in [0.25, 0.3) is 0 Å². The van der Waals surface area contributed by atoms with Crippen molar-refractivity contribution in [3.63, 3.8) is 0 Å². The van der Waals surface area contributed by atoms with E-state index in [-0.39, 0.29) is 18.1 Å². The number of nitrogens with zero attached hydrogens (tertiary/aromatic N) is 1. The predicted molar refractivity (Wildman–Crippen MR) is 59.5 cm³/mol. The number of ether oxygens (including phenoxy) is 3. The molecule has 0 atom stereocenters. The van der Waals surface area contributed by atoms with E-state index in [1.807, 2.05) is 0 Å². The molecule has 0 aromatic carbocycles. The highest BCUT2D eigenvalue weighted by Crippen LogP contribution is 2.34. The molecule has 0 fully saturated rings. The second kappa shape index (κ2) is 6.31. The Balaban J connectivity index is 3.08. The molecular formula is C11H12F3NO5. The molecule has 1 heterocycles. The highest BCUT2D eigenvalue weighted by Gasteiger charge is 2.32. The minimum atomic E-state index is -4.95. The average molecular weight is 295 g/mol. The Hall–Kier alpha value is -2.19. The van der Waals surface area contributed by atoms with Crippen molar-refractivity contribution in [2.45, 2.75) is 19.7 Å². The molecule has 1 N–H and O–H groups in total. The number of aromatic nitrogens is 1. The molecular weight excluding hydrogens is 283 g/mol. The number of methoxy groups -OCH3 is 1. The zero-order valence-corrected chi connectivity index (χ0v) is 10.7. The lowest BCUT2D eigenvalue weighted by Gasteiger charge is -2.12. The maximum absolute atomic E-state index is 12.1. The number of aromatic hydroxyl groups is 1. The predicted octanol–water partition coefficient (Wildman–Crippen LogP) is 1.80.